The molecule has 0 N–H and O–H groups in total. The van der Waals surface area contributed by atoms with E-state index in [1.54, 1.807) is 22.0 Å². The van der Waals surface area contributed by atoms with Gasteiger partial charge in [0.2, 0.25) is 0 Å². The van der Waals surface area contributed by atoms with Crippen molar-refractivity contribution in [3.05, 3.63) is 33.4 Å². The van der Waals surface area contributed by atoms with Crippen molar-refractivity contribution >= 4 is 33.3 Å². The fourth-order valence-corrected chi connectivity index (χ4v) is 4.89. The second-order valence-electron chi connectivity index (χ2n) is 5.38. The molecular formula is C16H17N3OS2. The average Bonchev–Trinajstić information content (AvgIpc) is 2.89. The molecule has 1 aliphatic carbocycles. The number of rotatable bonds is 4. The van der Waals surface area contributed by atoms with E-state index >= 15 is 0 Å². The normalized spacial score (nSPS) is 15.3. The van der Waals surface area contributed by atoms with E-state index in [2.05, 4.69) is 12.6 Å². The number of hydrogen-bond donors (Lipinski definition) is 0. The van der Waals surface area contributed by atoms with E-state index in [9.17, 15) is 4.79 Å². The average molecular weight is 331 g/mol. The SMILES string of the molecule is C=CCn1c(S[C@@H](C)C#N)nc2sc3c(c2c1=O)CCCC3. The van der Waals surface area contributed by atoms with Crippen molar-refractivity contribution < 1.29 is 0 Å². The fraction of sp³-hybridized carbons (Fsp3) is 0.438. The van der Waals surface area contributed by atoms with Crippen LogP contribution in [0.5, 0.6) is 0 Å². The molecule has 0 saturated heterocycles. The maximum Gasteiger partial charge on any atom is 0.263 e. The maximum atomic E-state index is 12.9. The number of thioether (sulfide) groups is 1. The minimum atomic E-state index is -0.241. The molecule has 2 aromatic rings. The number of hydrogen-bond acceptors (Lipinski definition) is 5. The van der Waals surface area contributed by atoms with E-state index in [0.29, 0.717) is 11.7 Å². The van der Waals surface area contributed by atoms with Gasteiger partial charge >= 0.3 is 0 Å². The zero-order valence-corrected chi connectivity index (χ0v) is 14.1. The monoisotopic (exact) mass is 331 g/mol. The molecule has 22 heavy (non-hydrogen) atoms. The first-order chi connectivity index (χ1) is 10.7. The van der Waals surface area contributed by atoms with Gasteiger partial charge in [-0.1, -0.05) is 17.8 Å². The Kier molecular flexibility index (Phi) is 4.37. The van der Waals surface area contributed by atoms with Gasteiger partial charge in [-0.2, -0.15) is 5.26 Å². The standard InChI is InChI=1S/C16H17N3OS2/c1-3-8-19-15(20)13-11-6-4-5-7-12(11)22-14(13)18-16(19)21-10(2)9-17/h3,10H,1,4-8H2,2H3/t10-/m0/s1. The number of nitriles is 1. The number of fused-ring (bicyclic) bond motifs is 3. The van der Waals surface area contributed by atoms with E-state index in [0.717, 1.165) is 29.5 Å². The highest BCUT2D eigenvalue weighted by Gasteiger charge is 2.22. The summed E-state index contributed by atoms with van der Waals surface area (Å²) in [7, 11) is 0. The first kappa shape index (κ1) is 15.3. The maximum absolute atomic E-state index is 12.9. The van der Waals surface area contributed by atoms with Gasteiger partial charge in [-0.05, 0) is 38.2 Å². The van der Waals surface area contributed by atoms with Crippen LogP contribution in [0.3, 0.4) is 0 Å². The Morgan fingerprint density at radius 1 is 1.55 bits per heavy atom. The Balaban J connectivity index is 2.23. The molecule has 0 radical (unpaired) electrons. The molecule has 0 spiro atoms. The first-order valence-corrected chi connectivity index (χ1v) is 9.07. The van der Waals surface area contributed by atoms with E-state index in [4.69, 9.17) is 10.2 Å². The Morgan fingerprint density at radius 3 is 3.05 bits per heavy atom. The third kappa shape index (κ3) is 2.59. The minimum absolute atomic E-state index is 0.0111. The Labute approximate surface area is 137 Å². The van der Waals surface area contributed by atoms with Crippen LogP contribution in [-0.4, -0.2) is 14.8 Å². The highest BCUT2D eigenvalue weighted by molar-refractivity contribution is 8.00. The van der Waals surface area contributed by atoms with Gasteiger partial charge < -0.3 is 0 Å². The van der Waals surface area contributed by atoms with Crippen molar-refractivity contribution in [3.8, 4) is 6.07 Å². The summed E-state index contributed by atoms with van der Waals surface area (Å²) in [5.41, 5.74) is 1.21. The van der Waals surface area contributed by atoms with Gasteiger partial charge in [-0.3, -0.25) is 9.36 Å². The van der Waals surface area contributed by atoms with Gasteiger partial charge in [-0.15, -0.1) is 17.9 Å². The zero-order valence-electron chi connectivity index (χ0n) is 12.5. The van der Waals surface area contributed by atoms with Crippen molar-refractivity contribution in [3.63, 3.8) is 0 Å². The second kappa shape index (κ2) is 6.27. The molecular weight excluding hydrogens is 314 g/mol. The van der Waals surface area contributed by atoms with Crippen LogP contribution in [-0.2, 0) is 19.4 Å². The molecule has 0 saturated carbocycles. The summed E-state index contributed by atoms with van der Waals surface area (Å²) in [6, 6.07) is 2.18. The largest absolute Gasteiger partial charge is 0.283 e. The van der Waals surface area contributed by atoms with Crippen molar-refractivity contribution in [1.82, 2.24) is 9.55 Å². The Bertz CT molecular complexity index is 828. The van der Waals surface area contributed by atoms with Crippen LogP contribution in [0.15, 0.2) is 22.6 Å². The lowest BCUT2D eigenvalue weighted by molar-refractivity contribution is 0.667. The summed E-state index contributed by atoms with van der Waals surface area (Å²) in [6.07, 6.45) is 6.06. The van der Waals surface area contributed by atoms with Crippen LogP contribution in [0.1, 0.15) is 30.2 Å². The van der Waals surface area contributed by atoms with Crippen molar-refractivity contribution in [2.45, 2.75) is 49.6 Å². The van der Waals surface area contributed by atoms with Gasteiger partial charge in [0.1, 0.15) is 4.83 Å². The molecule has 0 fully saturated rings. The van der Waals surface area contributed by atoms with Crippen molar-refractivity contribution in [1.29, 1.82) is 5.26 Å². The van der Waals surface area contributed by atoms with Crippen molar-refractivity contribution in [2.75, 3.05) is 0 Å². The number of nitrogens with zero attached hydrogens (tertiary/aromatic N) is 3. The molecule has 114 valence electrons. The molecule has 4 nitrogen and oxygen atoms in total. The van der Waals surface area contributed by atoms with Gasteiger partial charge in [-0.25, -0.2) is 4.98 Å². The van der Waals surface area contributed by atoms with Crippen LogP contribution in [0.2, 0.25) is 0 Å². The highest BCUT2D eigenvalue weighted by atomic mass is 32.2. The zero-order chi connectivity index (χ0) is 15.7. The third-order valence-electron chi connectivity index (χ3n) is 3.82. The molecule has 1 atom stereocenters. The van der Waals surface area contributed by atoms with E-state index < -0.39 is 0 Å². The van der Waals surface area contributed by atoms with Crippen LogP contribution in [0.25, 0.3) is 10.2 Å². The summed E-state index contributed by atoms with van der Waals surface area (Å²) in [5.74, 6) is 0. The molecule has 0 aliphatic heterocycles. The Morgan fingerprint density at radius 2 is 2.32 bits per heavy atom. The predicted molar refractivity (Wildman–Crippen MR) is 91.7 cm³/mol. The molecule has 6 heteroatoms. The van der Waals surface area contributed by atoms with E-state index in [1.165, 1.54) is 28.6 Å². The molecule has 1 aliphatic rings. The summed E-state index contributed by atoms with van der Waals surface area (Å²) in [5, 5.41) is 10.2. The minimum Gasteiger partial charge on any atom is -0.283 e. The topological polar surface area (TPSA) is 58.7 Å². The molecule has 2 heterocycles. The van der Waals surface area contributed by atoms with E-state index in [-0.39, 0.29) is 10.8 Å². The summed E-state index contributed by atoms with van der Waals surface area (Å²) in [4.78, 5) is 19.8. The molecule has 0 aromatic carbocycles. The second-order valence-corrected chi connectivity index (χ2v) is 7.77. The number of allylic oxidation sites excluding steroid dienone is 1. The van der Waals surface area contributed by atoms with Crippen LogP contribution >= 0.6 is 23.1 Å². The van der Waals surface area contributed by atoms with Crippen LogP contribution < -0.4 is 5.56 Å². The third-order valence-corrected chi connectivity index (χ3v) is 5.98. The predicted octanol–water partition coefficient (Wildman–Crippen LogP) is 3.53. The summed E-state index contributed by atoms with van der Waals surface area (Å²) >= 11 is 2.98. The number of aryl methyl sites for hydroxylation is 2. The molecule has 0 bridgehead atoms. The lowest BCUT2D eigenvalue weighted by Crippen LogP contribution is -2.23. The highest BCUT2D eigenvalue weighted by Crippen LogP contribution is 2.35. The molecule has 0 amide bonds. The quantitative estimate of drug-likeness (QED) is 0.488. The number of thiophene rings is 1. The first-order valence-electron chi connectivity index (χ1n) is 7.38. The summed E-state index contributed by atoms with van der Waals surface area (Å²) < 4.78 is 1.65. The molecule has 3 rings (SSSR count). The van der Waals surface area contributed by atoms with Gasteiger partial charge in [0.25, 0.3) is 5.56 Å². The number of aromatic nitrogens is 2. The molecule has 0 unspecified atom stereocenters. The van der Waals surface area contributed by atoms with Gasteiger partial charge in [0.05, 0.1) is 16.7 Å². The lowest BCUT2D eigenvalue weighted by Gasteiger charge is -2.12. The van der Waals surface area contributed by atoms with Crippen molar-refractivity contribution in [2.24, 2.45) is 0 Å². The van der Waals surface area contributed by atoms with Crippen LogP contribution in [0.4, 0.5) is 0 Å². The van der Waals surface area contributed by atoms with Gasteiger partial charge in [0.15, 0.2) is 5.16 Å². The smallest absolute Gasteiger partial charge is 0.263 e. The fourth-order valence-electron chi connectivity index (χ4n) is 2.78. The lowest BCUT2D eigenvalue weighted by atomic mass is 9.97. The molecule has 2 aromatic heterocycles. The van der Waals surface area contributed by atoms with Crippen LogP contribution in [0, 0.1) is 11.3 Å². The van der Waals surface area contributed by atoms with Gasteiger partial charge in [0, 0.05) is 11.4 Å². The summed E-state index contributed by atoms with van der Waals surface area (Å²) in [6.45, 7) is 5.98. The Hall–Kier alpha value is -1.58. The van der Waals surface area contributed by atoms with E-state index in [1.807, 2.05) is 6.92 Å².